The van der Waals surface area contributed by atoms with Crippen molar-refractivity contribution in [3.8, 4) is 0 Å². The van der Waals surface area contributed by atoms with E-state index in [0.717, 1.165) is 30.5 Å². The summed E-state index contributed by atoms with van der Waals surface area (Å²) in [5.41, 5.74) is 1.64. The van der Waals surface area contributed by atoms with Crippen LogP contribution in [0.3, 0.4) is 0 Å². The molecule has 1 fully saturated rings. The molecule has 6 nitrogen and oxygen atoms in total. The molecule has 0 saturated carbocycles. The van der Waals surface area contributed by atoms with Crippen LogP contribution in [0.5, 0.6) is 0 Å². The second-order valence-corrected chi connectivity index (χ2v) is 6.05. The standard InChI is InChI=1S/C19H19N3O3/c23-18(10-9-15-6-4-12-24-15)20-13-14-5-3-11-22(14)19-21-16-7-1-2-8-17(16)25-19/h1-2,4,6-10,12,14H,3,5,11,13H2,(H,20,23). The molecule has 1 aliphatic heterocycles. The molecule has 0 radical (unpaired) electrons. The molecule has 3 heterocycles. The Bertz CT molecular complexity index is 849. The monoisotopic (exact) mass is 337 g/mol. The Labute approximate surface area is 145 Å². The van der Waals surface area contributed by atoms with E-state index in [9.17, 15) is 4.79 Å². The number of fused-ring (bicyclic) bond motifs is 1. The molecule has 1 amide bonds. The van der Waals surface area contributed by atoms with Gasteiger partial charge in [-0.25, -0.2) is 0 Å². The highest BCUT2D eigenvalue weighted by Gasteiger charge is 2.28. The van der Waals surface area contributed by atoms with Gasteiger partial charge in [-0.2, -0.15) is 4.98 Å². The molecule has 1 N–H and O–H groups in total. The number of nitrogens with one attached hydrogen (secondary N) is 1. The number of benzene rings is 1. The second-order valence-electron chi connectivity index (χ2n) is 6.05. The number of hydrogen-bond acceptors (Lipinski definition) is 5. The Morgan fingerprint density at radius 2 is 2.24 bits per heavy atom. The van der Waals surface area contributed by atoms with E-state index >= 15 is 0 Å². The van der Waals surface area contributed by atoms with Crippen molar-refractivity contribution in [2.24, 2.45) is 0 Å². The number of para-hydroxylation sites is 2. The largest absolute Gasteiger partial charge is 0.465 e. The maximum Gasteiger partial charge on any atom is 0.298 e. The highest BCUT2D eigenvalue weighted by molar-refractivity contribution is 5.91. The van der Waals surface area contributed by atoms with Crippen LogP contribution >= 0.6 is 0 Å². The van der Waals surface area contributed by atoms with E-state index in [-0.39, 0.29) is 11.9 Å². The van der Waals surface area contributed by atoms with Gasteiger partial charge in [-0.05, 0) is 43.2 Å². The Kier molecular flexibility index (Phi) is 4.24. The van der Waals surface area contributed by atoms with Crippen LogP contribution in [0, 0.1) is 0 Å². The van der Waals surface area contributed by atoms with Crippen LogP contribution in [0.4, 0.5) is 6.01 Å². The van der Waals surface area contributed by atoms with Gasteiger partial charge in [0, 0.05) is 19.2 Å². The van der Waals surface area contributed by atoms with Gasteiger partial charge in [-0.3, -0.25) is 4.79 Å². The summed E-state index contributed by atoms with van der Waals surface area (Å²) in [7, 11) is 0. The quantitative estimate of drug-likeness (QED) is 0.724. The summed E-state index contributed by atoms with van der Waals surface area (Å²) in [5.74, 6) is 0.518. The molecule has 25 heavy (non-hydrogen) atoms. The summed E-state index contributed by atoms with van der Waals surface area (Å²) >= 11 is 0. The van der Waals surface area contributed by atoms with Crippen LogP contribution in [-0.4, -0.2) is 30.0 Å². The van der Waals surface area contributed by atoms with Crippen molar-refractivity contribution in [1.29, 1.82) is 0 Å². The van der Waals surface area contributed by atoms with E-state index in [1.54, 1.807) is 24.5 Å². The molecule has 0 bridgehead atoms. The molecule has 2 aromatic heterocycles. The third kappa shape index (κ3) is 3.42. The maximum absolute atomic E-state index is 12.0. The number of carbonyl (C=O) groups excluding carboxylic acids is 1. The minimum absolute atomic E-state index is 0.138. The lowest BCUT2D eigenvalue weighted by Gasteiger charge is -2.22. The van der Waals surface area contributed by atoms with Crippen molar-refractivity contribution in [3.05, 3.63) is 54.5 Å². The number of rotatable bonds is 5. The number of hydrogen-bond donors (Lipinski definition) is 1. The van der Waals surface area contributed by atoms with Gasteiger partial charge in [-0.15, -0.1) is 0 Å². The number of oxazole rings is 1. The highest BCUT2D eigenvalue weighted by atomic mass is 16.4. The number of furan rings is 1. The molecular weight excluding hydrogens is 318 g/mol. The van der Waals surface area contributed by atoms with Crippen LogP contribution in [0.2, 0.25) is 0 Å². The van der Waals surface area contributed by atoms with Crippen LogP contribution < -0.4 is 10.2 Å². The van der Waals surface area contributed by atoms with Gasteiger partial charge >= 0.3 is 0 Å². The molecule has 6 heteroatoms. The first-order valence-electron chi connectivity index (χ1n) is 8.41. The van der Waals surface area contributed by atoms with E-state index < -0.39 is 0 Å². The number of anilines is 1. The molecule has 1 atom stereocenters. The molecule has 1 unspecified atom stereocenters. The SMILES string of the molecule is O=C(C=Cc1ccco1)NCC1CCCN1c1nc2ccccc2o1. The average molecular weight is 337 g/mol. The fourth-order valence-electron chi connectivity index (χ4n) is 3.10. The van der Waals surface area contributed by atoms with Gasteiger partial charge in [0.1, 0.15) is 11.3 Å². The van der Waals surface area contributed by atoms with E-state index in [0.29, 0.717) is 18.3 Å². The molecule has 0 aliphatic carbocycles. The zero-order chi connectivity index (χ0) is 17.1. The fourth-order valence-corrected chi connectivity index (χ4v) is 3.10. The molecule has 3 aromatic rings. The molecule has 1 saturated heterocycles. The summed E-state index contributed by atoms with van der Waals surface area (Å²) < 4.78 is 11.0. The first-order chi connectivity index (χ1) is 12.3. The van der Waals surface area contributed by atoms with Gasteiger partial charge in [-0.1, -0.05) is 12.1 Å². The van der Waals surface area contributed by atoms with Crippen molar-refractivity contribution >= 4 is 29.1 Å². The normalized spacial score (nSPS) is 17.6. The minimum Gasteiger partial charge on any atom is -0.465 e. The zero-order valence-electron chi connectivity index (χ0n) is 13.7. The number of nitrogens with zero attached hydrogens (tertiary/aromatic N) is 2. The van der Waals surface area contributed by atoms with E-state index in [1.165, 1.54) is 6.08 Å². The molecule has 4 rings (SSSR count). The van der Waals surface area contributed by atoms with E-state index in [2.05, 4.69) is 15.2 Å². The maximum atomic E-state index is 12.0. The molecule has 0 spiro atoms. The van der Waals surface area contributed by atoms with E-state index in [1.807, 2.05) is 24.3 Å². The van der Waals surface area contributed by atoms with Gasteiger partial charge in [0.15, 0.2) is 5.58 Å². The topological polar surface area (TPSA) is 71.5 Å². The van der Waals surface area contributed by atoms with Crippen LogP contribution in [-0.2, 0) is 4.79 Å². The molecule has 1 aliphatic rings. The van der Waals surface area contributed by atoms with Crippen molar-refractivity contribution in [2.75, 3.05) is 18.0 Å². The summed E-state index contributed by atoms with van der Waals surface area (Å²) in [6.45, 7) is 1.44. The minimum atomic E-state index is -0.138. The predicted molar refractivity (Wildman–Crippen MR) is 95.1 cm³/mol. The molecule has 1 aromatic carbocycles. The van der Waals surface area contributed by atoms with Crippen LogP contribution in [0.15, 0.2) is 57.6 Å². The lowest BCUT2D eigenvalue weighted by atomic mass is 10.2. The predicted octanol–water partition coefficient (Wildman–Crippen LogP) is 3.22. The Morgan fingerprint density at radius 1 is 1.32 bits per heavy atom. The summed E-state index contributed by atoms with van der Waals surface area (Å²) in [6.07, 6.45) is 6.77. The first kappa shape index (κ1) is 15.5. The summed E-state index contributed by atoms with van der Waals surface area (Å²) in [6, 6.07) is 12.1. The van der Waals surface area contributed by atoms with Crippen molar-refractivity contribution in [1.82, 2.24) is 10.3 Å². The third-order valence-corrected chi connectivity index (χ3v) is 4.36. The first-order valence-corrected chi connectivity index (χ1v) is 8.41. The highest BCUT2D eigenvalue weighted by Crippen LogP contribution is 2.27. The Balaban J connectivity index is 1.39. The lowest BCUT2D eigenvalue weighted by Crippen LogP contribution is -2.39. The second kappa shape index (κ2) is 6.84. The fraction of sp³-hybridized carbons (Fsp3) is 0.263. The third-order valence-electron chi connectivity index (χ3n) is 4.36. The van der Waals surface area contributed by atoms with Gasteiger partial charge in [0.05, 0.1) is 12.3 Å². The smallest absolute Gasteiger partial charge is 0.298 e. The lowest BCUT2D eigenvalue weighted by molar-refractivity contribution is -0.116. The van der Waals surface area contributed by atoms with Crippen molar-refractivity contribution in [2.45, 2.75) is 18.9 Å². The summed E-state index contributed by atoms with van der Waals surface area (Å²) in [5, 5.41) is 2.94. The number of aromatic nitrogens is 1. The van der Waals surface area contributed by atoms with Gasteiger partial charge < -0.3 is 19.1 Å². The molecule has 128 valence electrons. The van der Waals surface area contributed by atoms with Crippen molar-refractivity contribution in [3.63, 3.8) is 0 Å². The van der Waals surface area contributed by atoms with Gasteiger partial charge in [0.2, 0.25) is 5.91 Å². The average Bonchev–Trinajstić information content (AvgIpc) is 3.37. The van der Waals surface area contributed by atoms with Crippen molar-refractivity contribution < 1.29 is 13.6 Å². The van der Waals surface area contributed by atoms with E-state index in [4.69, 9.17) is 8.83 Å². The Hall–Kier alpha value is -3.02. The molecular formula is C19H19N3O3. The van der Waals surface area contributed by atoms with Gasteiger partial charge in [0.25, 0.3) is 6.01 Å². The zero-order valence-corrected chi connectivity index (χ0v) is 13.7. The summed E-state index contributed by atoms with van der Waals surface area (Å²) in [4.78, 5) is 18.7. The van der Waals surface area contributed by atoms with Crippen LogP contribution in [0.25, 0.3) is 17.2 Å². The number of amides is 1. The van der Waals surface area contributed by atoms with Crippen LogP contribution in [0.1, 0.15) is 18.6 Å². The number of carbonyl (C=O) groups is 1. The Morgan fingerprint density at radius 3 is 3.08 bits per heavy atom.